The van der Waals surface area contributed by atoms with Gasteiger partial charge < -0.3 is 10.3 Å². The van der Waals surface area contributed by atoms with Gasteiger partial charge in [-0.25, -0.2) is 0 Å². The average Bonchev–Trinajstić information content (AvgIpc) is 2.30. The van der Waals surface area contributed by atoms with Crippen molar-refractivity contribution < 1.29 is 4.79 Å². The van der Waals surface area contributed by atoms with Crippen molar-refractivity contribution in [2.75, 3.05) is 0 Å². The number of rotatable bonds is 2. The summed E-state index contributed by atoms with van der Waals surface area (Å²) in [5.74, 6) is -0.0156. The quantitative estimate of drug-likeness (QED) is 0.817. The standard InChI is InChI=1S/C13H18N2O2/c1-10(16)15-13(7-3-2-4-8-13)11-5-6-12(17)14-9-11/h5-6,9H,2-4,7-8H2,1H3,(H,14,17)(H,15,16). The molecule has 1 aromatic heterocycles. The molecule has 2 rings (SSSR count). The Hall–Kier alpha value is -1.58. The molecule has 1 amide bonds. The number of pyridine rings is 1. The molecule has 1 heterocycles. The minimum Gasteiger partial charge on any atom is -0.347 e. The van der Waals surface area contributed by atoms with E-state index in [0.717, 1.165) is 31.2 Å². The maximum absolute atomic E-state index is 11.4. The van der Waals surface area contributed by atoms with Crippen LogP contribution in [0.1, 0.15) is 44.6 Å². The Kier molecular flexibility index (Phi) is 3.31. The number of amides is 1. The highest BCUT2D eigenvalue weighted by Gasteiger charge is 2.34. The molecule has 0 spiro atoms. The van der Waals surface area contributed by atoms with Crippen LogP contribution in [0.4, 0.5) is 0 Å². The Labute approximate surface area is 100 Å². The lowest BCUT2D eigenvalue weighted by Gasteiger charge is -2.38. The fourth-order valence-electron chi connectivity index (χ4n) is 2.69. The first-order chi connectivity index (χ1) is 8.12. The second kappa shape index (κ2) is 4.73. The molecule has 4 nitrogen and oxygen atoms in total. The van der Waals surface area contributed by atoms with Crippen LogP contribution in [0.25, 0.3) is 0 Å². The summed E-state index contributed by atoms with van der Waals surface area (Å²) >= 11 is 0. The topological polar surface area (TPSA) is 62.0 Å². The largest absolute Gasteiger partial charge is 0.347 e. The fraction of sp³-hybridized carbons (Fsp3) is 0.538. The van der Waals surface area contributed by atoms with Gasteiger partial charge in [0.1, 0.15) is 0 Å². The van der Waals surface area contributed by atoms with E-state index in [1.807, 2.05) is 6.07 Å². The summed E-state index contributed by atoms with van der Waals surface area (Å²) < 4.78 is 0. The van der Waals surface area contributed by atoms with Crippen LogP contribution in [-0.4, -0.2) is 10.9 Å². The SMILES string of the molecule is CC(=O)NC1(c2ccc(=O)[nH]c2)CCCCC1. The van der Waals surface area contributed by atoms with Gasteiger partial charge in [-0.15, -0.1) is 0 Å². The van der Waals surface area contributed by atoms with Crippen molar-refractivity contribution >= 4 is 5.91 Å². The molecule has 1 aromatic rings. The van der Waals surface area contributed by atoms with Crippen LogP contribution >= 0.6 is 0 Å². The smallest absolute Gasteiger partial charge is 0.247 e. The molecule has 4 heteroatoms. The van der Waals surface area contributed by atoms with Crippen LogP contribution in [0.5, 0.6) is 0 Å². The Morgan fingerprint density at radius 1 is 1.29 bits per heavy atom. The predicted octanol–water partition coefficient (Wildman–Crippen LogP) is 1.67. The van der Waals surface area contributed by atoms with Crippen molar-refractivity contribution in [1.82, 2.24) is 10.3 Å². The van der Waals surface area contributed by atoms with E-state index >= 15 is 0 Å². The first-order valence-corrected chi connectivity index (χ1v) is 6.10. The van der Waals surface area contributed by atoms with Crippen molar-refractivity contribution in [2.24, 2.45) is 0 Å². The van der Waals surface area contributed by atoms with Gasteiger partial charge in [0.05, 0.1) is 5.54 Å². The molecule has 1 saturated carbocycles. The van der Waals surface area contributed by atoms with Crippen LogP contribution in [-0.2, 0) is 10.3 Å². The summed E-state index contributed by atoms with van der Waals surface area (Å²) in [6, 6.07) is 3.34. The highest BCUT2D eigenvalue weighted by molar-refractivity contribution is 5.74. The van der Waals surface area contributed by atoms with E-state index in [1.54, 1.807) is 13.1 Å². The van der Waals surface area contributed by atoms with Crippen molar-refractivity contribution in [3.05, 3.63) is 34.2 Å². The first-order valence-electron chi connectivity index (χ1n) is 6.10. The molecule has 1 fully saturated rings. The average molecular weight is 234 g/mol. The monoisotopic (exact) mass is 234 g/mol. The van der Waals surface area contributed by atoms with Crippen molar-refractivity contribution in [3.63, 3.8) is 0 Å². The van der Waals surface area contributed by atoms with E-state index in [4.69, 9.17) is 0 Å². The van der Waals surface area contributed by atoms with Gasteiger partial charge in [-0.3, -0.25) is 9.59 Å². The zero-order valence-corrected chi connectivity index (χ0v) is 10.1. The lowest BCUT2D eigenvalue weighted by atomic mass is 9.77. The summed E-state index contributed by atoms with van der Waals surface area (Å²) in [6.45, 7) is 1.54. The molecule has 0 radical (unpaired) electrons. The van der Waals surface area contributed by atoms with Gasteiger partial charge in [-0.2, -0.15) is 0 Å². The van der Waals surface area contributed by atoms with Gasteiger partial charge in [-0.1, -0.05) is 19.3 Å². The molecule has 0 bridgehead atoms. The minimum atomic E-state index is -0.283. The Morgan fingerprint density at radius 3 is 2.53 bits per heavy atom. The maximum atomic E-state index is 11.4. The Morgan fingerprint density at radius 2 is 2.00 bits per heavy atom. The number of aromatic amines is 1. The molecule has 1 aliphatic rings. The van der Waals surface area contributed by atoms with Gasteiger partial charge in [0.15, 0.2) is 0 Å². The van der Waals surface area contributed by atoms with Crippen molar-refractivity contribution in [2.45, 2.75) is 44.6 Å². The third kappa shape index (κ3) is 2.57. The summed E-state index contributed by atoms with van der Waals surface area (Å²) in [7, 11) is 0. The summed E-state index contributed by atoms with van der Waals surface area (Å²) in [6.07, 6.45) is 7.05. The number of nitrogens with one attached hydrogen (secondary N) is 2. The van der Waals surface area contributed by atoms with E-state index in [1.165, 1.54) is 12.5 Å². The molecular formula is C13H18N2O2. The molecule has 2 N–H and O–H groups in total. The van der Waals surface area contributed by atoms with Crippen LogP contribution < -0.4 is 10.9 Å². The van der Waals surface area contributed by atoms with E-state index in [0.29, 0.717) is 0 Å². The minimum absolute atomic E-state index is 0.0156. The number of aromatic nitrogens is 1. The van der Waals surface area contributed by atoms with Gasteiger partial charge in [-0.05, 0) is 24.5 Å². The van der Waals surface area contributed by atoms with Gasteiger partial charge in [0.25, 0.3) is 0 Å². The van der Waals surface area contributed by atoms with Crippen LogP contribution in [0.2, 0.25) is 0 Å². The molecule has 0 saturated heterocycles. The maximum Gasteiger partial charge on any atom is 0.247 e. The molecule has 0 aromatic carbocycles. The highest BCUT2D eigenvalue weighted by atomic mass is 16.1. The van der Waals surface area contributed by atoms with Crippen LogP contribution in [0.15, 0.2) is 23.1 Å². The summed E-state index contributed by atoms with van der Waals surface area (Å²) in [5, 5.41) is 3.07. The van der Waals surface area contributed by atoms with E-state index < -0.39 is 0 Å². The third-order valence-electron chi connectivity index (χ3n) is 3.46. The third-order valence-corrected chi connectivity index (χ3v) is 3.46. The van der Waals surface area contributed by atoms with Crippen molar-refractivity contribution in [3.8, 4) is 0 Å². The number of H-pyrrole nitrogens is 1. The number of hydrogen-bond donors (Lipinski definition) is 2. The predicted molar refractivity (Wildman–Crippen MR) is 65.6 cm³/mol. The lowest BCUT2D eigenvalue weighted by molar-refractivity contribution is -0.121. The second-order valence-electron chi connectivity index (χ2n) is 4.77. The highest BCUT2D eigenvalue weighted by Crippen LogP contribution is 2.36. The Balaban J connectivity index is 2.34. The zero-order chi connectivity index (χ0) is 12.3. The fourth-order valence-corrected chi connectivity index (χ4v) is 2.69. The number of hydrogen-bond acceptors (Lipinski definition) is 2. The van der Waals surface area contributed by atoms with Gasteiger partial charge in [0.2, 0.25) is 11.5 Å². The first kappa shape index (κ1) is 11.9. The van der Waals surface area contributed by atoms with Crippen LogP contribution in [0.3, 0.4) is 0 Å². The summed E-state index contributed by atoms with van der Waals surface area (Å²) in [4.78, 5) is 25.2. The lowest BCUT2D eigenvalue weighted by Crippen LogP contribution is -2.46. The molecular weight excluding hydrogens is 216 g/mol. The Bertz CT molecular complexity index is 438. The van der Waals surface area contributed by atoms with Gasteiger partial charge >= 0.3 is 0 Å². The van der Waals surface area contributed by atoms with E-state index in [-0.39, 0.29) is 17.0 Å². The van der Waals surface area contributed by atoms with Crippen LogP contribution in [0, 0.1) is 0 Å². The molecule has 1 aliphatic carbocycles. The van der Waals surface area contributed by atoms with E-state index in [2.05, 4.69) is 10.3 Å². The molecule has 17 heavy (non-hydrogen) atoms. The van der Waals surface area contributed by atoms with Gasteiger partial charge in [0, 0.05) is 19.2 Å². The zero-order valence-electron chi connectivity index (χ0n) is 10.1. The number of carbonyl (C=O) groups is 1. The van der Waals surface area contributed by atoms with E-state index in [9.17, 15) is 9.59 Å². The molecule has 0 atom stereocenters. The molecule has 0 unspecified atom stereocenters. The molecule has 0 aliphatic heterocycles. The van der Waals surface area contributed by atoms with Crippen molar-refractivity contribution in [1.29, 1.82) is 0 Å². The molecule has 92 valence electrons. The normalized spacial score (nSPS) is 18.6. The number of carbonyl (C=O) groups excluding carboxylic acids is 1. The summed E-state index contributed by atoms with van der Waals surface area (Å²) in [5.41, 5.74) is 0.614. The second-order valence-corrected chi connectivity index (χ2v) is 4.77.